The summed E-state index contributed by atoms with van der Waals surface area (Å²) in [6, 6.07) is 15.0. The van der Waals surface area contributed by atoms with Crippen LogP contribution in [0, 0.1) is 6.92 Å². The van der Waals surface area contributed by atoms with Gasteiger partial charge >= 0.3 is 12.1 Å². The van der Waals surface area contributed by atoms with E-state index in [1.165, 1.54) is 16.6 Å². The van der Waals surface area contributed by atoms with Crippen molar-refractivity contribution in [3.8, 4) is 0 Å². The first-order chi connectivity index (χ1) is 25.4. The van der Waals surface area contributed by atoms with Crippen molar-refractivity contribution < 1.29 is 27.5 Å². The Morgan fingerprint density at radius 1 is 0.849 bits per heavy atom. The third-order valence-corrected chi connectivity index (χ3v) is 12.7. The Hall–Kier alpha value is -4.47. The van der Waals surface area contributed by atoms with Gasteiger partial charge in [-0.2, -0.15) is 4.31 Å². The fourth-order valence-corrected chi connectivity index (χ4v) is 9.21. The van der Waals surface area contributed by atoms with Gasteiger partial charge < -0.3 is 29.7 Å². The number of pyridine rings is 1. The highest BCUT2D eigenvalue weighted by Gasteiger charge is 2.37. The Kier molecular flexibility index (Phi) is 10.8. The van der Waals surface area contributed by atoms with E-state index < -0.39 is 22.2 Å². The Bertz CT molecular complexity index is 2010. The second-order valence-electron chi connectivity index (χ2n) is 14.8. The van der Waals surface area contributed by atoms with Gasteiger partial charge in [-0.25, -0.2) is 18.0 Å². The van der Waals surface area contributed by atoms with Gasteiger partial charge in [0.1, 0.15) is 0 Å². The van der Waals surface area contributed by atoms with Gasteiger partial charge in [0.15, 0.2) is 6.10 Å². The van der Waals surface area contributed by atoms with E-state index in [0.29, 0.717) is 71.7 Å². The molecule has 15 heteroatoms. The number of aryl methyl sites for hydroxylation is 1. The SMILES string of the molecule is Cc1cc(C[C@@H](OC(=O)N2CCC(N3CCc4ccccc4NC3=O)CC2)C(=O)N2CCC(N3CCN(S(C)(=O)=O)CC3)CC2)cc2ccc(=O)[nH]c12. The van der Waals surface area contributed by atoms with E-state index in [-0.39, 0.29) is 36.0 Å². The van der Waals surface area contributed by atoms with Crippen molar-refractivity contribution in [1.29, 1.82) is 0 Å². The van der Waals surface area contributed by atoms with E-state index in [2.05, 4.69) is 15.2 Å². The minimum absolute atomic E-state index is 0.0199. The molecule has 4 aliphatic heterocycles. The summed E-state index contributed by atoms with van der Waals surface area (Å²) >= 11 is 0. The lowest BCUT2D eigenvalue weighted by Gasteiger charge is -2.42. The van der Waals surface area contributed by atoms with Gasteiger partial charge in [-0.3, -0.25) is 14.5 Å². The molecule has 14 nitrogen and oxygen atoms in total. The Morgan fingerprint density at radius 3 is 2.25 bits per heavy atom. The number of piperazine rings is 1. The van der Waals surface area contributed by atoms with Gasteiger partial charge in [0.2, 0.25) is 15.6 Å². The molecule has 3 aromatic rings. The number of nitrogens with one attached hydrogen (secondary N) is 2. The number of aromatic amines is 1. The van der Waals surface area contributed by atoms with Crippen molar-refractivity contribution >= 4 is 44.6 Å². The van der Waals surface area contributed by atoms with Crippen molar-refractivity contribution in [1.82, 2.24) is 28.9 Å². The quantitative estimate of drug-likeness (QED) is 0.374. The average Bonchev–Trinajstić information content (AvgIpc) is 3.32. The summed E-state index contributed by atoms with van der Waals surface area (Å²) < 4.78 is 31.6. The van der Waals surface area contributed by atoms with E-state index in [1.54, 1.807) is 15.9 Å². The first-order valence-corrected chi connectivity index (χ1v) is 20.5. The second kappa shape index (κ2) is 15.5. The lowest BCUT2D eigenvalue weighted by atomic mass is 9.99. The number of para-hydroxylation sites is 1. The van der Waals surface area contributed by atoms with E-state index >= 15 is 0 Å². The number of rotatable bonds is 7. The first-order valence-electron chi connectivity index (χ1n) is 18.6. The number of benzene rings is 2. The molecule has 0 spiro atoms. The highest BCUT2D eigenvalue weighted by atomic mass is 32.2. The van der Waals surface area contributed by atoms with Crippen LogP contribution in [0.3, 0.4) is 0 Å². The molecule has 2 N–H and O–H groups in total. The van der Waals surface area contributed by atoms with Crippen molar-refractivity contribution in [3.63, 3.8) is 0 Å². The number of ether oxygens (including phenoxy) is 1. The van der Waals surface area contributed by atoms with Crippen LogP contribution in [0.1, 0.15) is 42.4 Å². The van der Waals surface area contributed by atoms with Crippen LogP contribution in [-0.4, -0.2) is 139 Å². The average molecular weight is 748 g/mol. The minimum atomic E-state index is -3.22. The van der Waals surface area contributed by atoms with Crippen LogP contribution in [0.25, 0.3) is 10.9 Å². The topological polar surface area (TPSA) is 156 Å². The molecule has 4 amide bonds. The maximum absolute atomic E-state index is 14.2. The fourth-order valence-electron chi connectivity index (χ4n) is 8.39. The van der Waals surface area contributed by atoms with Crippen LogP contribution in [0.5, 0.6) is 0 Å². The fraction of sp³-hybridized carbons (Fsp3) is 0.526. The summed E-state index contributed by atoms with van der Waals surface area (Å²) in [6.07, 6.45) is 3.28. The van der Waals surface area contributed by atoms with E-state index in [0.717, 1.165) is 52.5 Å². The lowest BCUT2D eigenvalue weighted by molar-refractivity contribution is -0.142. The third kappa shape index (κ3) is 8.36. The predicted molar refractivity (Wildman–Crippen MR) is 201 cm³/mol. The van der Waals surface area contributed by atoms with Gasteiger partial charge in [0, 0.05) is 89.2 Å². The van der Waals surface area contributed by atoms with Crippen LogP contribution in [0.2, 0.25) is 0 Å². The lowest BCUT2D eigenvalue weighted by Crippen LogP contribution is -2.55. The maximum Gasteiger partial charge on any atom is 0.410 e. The molecule has 0 radical (unpaired) electrons. The standard InChI is InChI=1S/C38H49N7O7S/c1-26-23-27(24-29-7-8-34(46)40-35(26)29)25-33(36(47)42-14-10-30(11-15-42)41-19-21-44(22-20-41)53(2,50)51)52-38(49)43-16-12-31(13-17-43)45-18-9-28-5-3-4-6-32(28)39-37(45)48/h3-8,23-24,30-31,33H,9-22,25H2,1-2H3,(H,39,48)(H,40,46)/t33-/m1/s1. The molecule has 53 heavy (non-hydrogen) atoms. The van der Waals surface area contributed by atoms with Crippen LogP contribution >= 0.6 is 0 Å². The number of H-pyrrole nitrogens is 1. The summed E-state index contributed by atoms with van der Waals surface area (Å²) in [5, 5.41) is 3.87. The maximum atomic E-state index is 14.2. The largest absolute Gasteiger partial charge is 0.436 e. The van der Waals surface area contributed by atoms with Gasteiger partial charge in [-0.1, -0.05) is 24.3 Å². The molecular formula is C38H49N7O7S. The highest BCUT2D eigenvalue weighted by Crippen LogP contribution is 2.27. The highest BCUT2D eigenvalue weighted by molar-refractivity contribution is 7.88. The number of carbonyl (C=O) groups excluding carboxylic acids is 3. The molecule has 284 valence electrons. The predicted octanol–water partition coefficient (Wildman–Crippen LogP) is 3.01. The van der Waals surface area contributed by atoms with Crippen LogP contribution in [-0.2, 0) is 32.4 Å². The van der Waals surface area contributed by atoms with E-state index in [9.17, 15) is 27.6 Å². The molecule has 5 heterocycles. The zero-order valence-electron chi connectivity index (χ0n) is 30.5. The third-order valence-electron chi connectivity index (χ3n) is 11.4. The summed E-state index contributed by atoms with van der Waals surface area (Å²) in [4.78, 5) is 63.6. The molecule has 3 fully saturated rings. The van der Waals surface area contributed by atoms with E-state index in [4.69, 9.17) is 4.74 Å². The number of urea groups is 1. The number of hydrogen-bond donors (Lipinski definition) is 2. The molecule has 2 aromatic carbocycles. The smallest absolute Gasteiger partial charge is 0.410 e. The van der Waals surface area contributed by atoms with Gasteiger partial charge in [0.05, 0.1) is 11.8 Å². The number of anilines is 1. The minimum Gasteiger partial charge on any atom is -0.436 e. The summed E-state index contributed by atoms with van der Waals surface area (Å²) in [5.41, 5.74) is 4.15. The first kappa shape index (κ1) is 36.9. The molecule has 3 saturated heterocycles. The Balaban J connectivity index is 1.01. The van der Waals surface area contributed by atoms with Crippen molar-refractivity contribution in [3.05, 3.63) is 75.6 Å². The molecule has 0 aliphatic carbocycles. The van der Waals surface area contributed by atoms with Crippen LogP contribution in [0.4, 0.5) is 15.3 Å². The monoisotopic (exact) mass is 747 g/mol. The Labute approximate surface area is 310 Å². The number of sulfonamides is 1. The van der Waals surface area contributed by atoms with Crippen molar-refractivity contribution in [2.45, 2.75) is 63.6 Å². The Morgan fingerprint density at radius 2 is 1.53 bits per heavy atom. The molecular weight excluding hydrogens is 699 g/mol. The van der Waals surface area contributed by atoms with Gasteiger partial charge in [-0.05, 0) is 79.3 Å². The number of piperidine rings is 2. The number of carbonyl (C=O) groups is 3. The molecule has 0 saturated carbocycles. The van der Waals surface area contributed by atoms with E-state index in [1.807, 2.05) is 48.2 Å². The second-order valence-corrected chi connectivity index (χ2v) is 16.8. The van der Waals surface area contributed by atoms with Crippen molar-refractivity contribution in [2.75, 3.05) is 70.5 Å². The molecule has 0 bridgehead atoms. The number of nitrogens with zero attached hydrogens (tertiary/aromatic N) is 5. The number of aromatic nitrogens is 1. The van der Waals surface area contributed by atoms with Crippen LogP contribution in [0.15, 0.2) is 53.3 Å². The summed E-state index contributed by atoms with van der Waals surface area (Å²) in [5.74, 6) is -0.242. The number of likely N-dealkylation sites (tertiary alicyclic amines) is 2. The zero-order valence-corrected chi connectivity index (χ0v) is 31.3. The molecule has 7 rings (SSSR count). The number of fused-ring (bicyclic) bond motifs is 2. The number of hydrogen-bond acceptors (Lipinski definition) is 8. The summed E-state index contributed by atoms with van der Waals surface area (Å²) in [7, 11) is -3.22. The van der Waals surface area contributed by atoms with Gasteiger partial charge in [-0.15, -0.1) is 0 Å². The number of amides is 4. The molecule has 4 aliphatic rings. The van der Waals surface area contributed by atoms with Crippen LogP contribution < -0.4 is 10.9 Å². The van der Waals surface area contributed by atoms with Crippen molar-refractivity contribution in [2.24, 2.45) is 0 Å². The summed E-state index contributed by atoms with van der Waals surface area (Å²) in [6.45, 7) is 6.57. The van der Waals surface area contributed by atoms with Gasteiger partial charge in [0.25, 0.3) is 5.91 Å². The molecule has 1 aromatic heterocycles. The molecule has 0 unspecified atom stereocenters. The molecule has 1 atom stereocenters. The zero-order chi connectivity index (χ0) is 37.3. The normalized spacial score (nSPS) is 20.5.